The first-order valence-electron chi connectivity index (χ1n) is 8.46. The summed E-state index contributed by atoms with van der Waals surface area (Å²) in [4.78, 5) is 11.7. The predicted octanol–water partition coefficient (Wildman–Crippen LogP) is 3.47. The summed E-state index contributed by atoms with van der Waals surface area (Å²) in [6.45, 7) is 1.65. The molecule has 0 radical (unpaired) electrons. The van der Waals surface area contributed by atoms with Crippen molar-refractivity contribution >= 4 is 16.7 Å². The molecule has 1 aromatic heterocycles. The van der Waals surface area contributed by atoms with Crippen LogP contribution < -0.4 is 18.8 Å². The minimum absolute atomic E-state index is 0.594. The van der Waals surface area contributed by atoms with Crippen LogP contribution in [0.3, 0.4) is 0 Å². The number of rotatable bonds is 6. The SMILES string of the molecule is COc1ccc(-c2cc3cc(OC)c(OC)cc3c[n+]2C(C)C(=O)O)cc1. The first-order chi connectivity index (χ1) is 13.0. The summed E-state index contributed by atoms with van der Waals surface area (Å²) in [5.74, 6) is 1.05. The van der Waals surface area contributed by atoms with Crippen LogP contribution in [0.5, 0.6) is 17.2 Å². The summed E-state index contributed by atoms with van der Waals surface area (Å²) in [6.07, 6.45) is 1.83. The van der Waals surface area contributed by atoms with E-state index in [1.165, 1.54) is 0 Å². The van der Waals surface area contributed by atoms with Gasteiger partial charge in [0.2, 0.25) is 5.69 Å². The van der Waals surface area contributed by atoms with Gasteiger partial charge in [-0.15, -0.1) is 0 Å². The minimum atomic E-state index is -0.908. The summed E-state index contributed by atoms with van der Waals surface area (Å²) in [6, 6.07) is 12.5. The second-order valence-corrected chi connectivity index (χ2v) is 6.14. The molecule has 0 aliphatic rings. The summed E-state index contributed by atoms with van der Waals surface area (Å²) >= 11 is 0. The van der Waals surface area contributed by atoms with Crippen LogP contribution in [0.15, 0.2) is 48.7 Å². The molecule has 0 aliphatic heterocycles. The Kier molecular flexibility index (Phi) is 5.16. The maximum Gasteiger partial charge on any atom is 0.373 e. The van der Waals surface area contributed by atoms with Crippen LogP contribution in [0, 0.1) is 0 Å². The van der Waals surface area contributed by atoms with Crippen molar-refractivity contribution in [2.45, 2.75) is 13.0 Å². The Morgan fingerprint density at radius 2 is 1.52 bits per heavy atom. The van der Waals surface area contributed by atoms with Gasteiger partial charge in [-0.2, -0.15) is 4.57 Å². The minimum Gasteiger partial charge on any atom is -0.497 e. The number of benzene rings is 2. The average molecular weight is 368 g/mol. The van der Waals surface area contributed by atoms with Crippen LogP contribution in [0.1, 0.15) is 13.0 Å². The molecule has 0 spiro atoms. The summed E-state index contributed by atoms with van der Waals surface area (Å²) in [7, 11) is 4.77. The Hall–Kier alpha value is -3.28. The molecule has 1 atom stereocenters. The Morgan fingerprint density at radius 3 is 2.04 bits per heavy atom. The third-order valence-electron chi connectivity index (χ3n) is 4.60. The maximum atomic E-state index is 11.7. The molecule has 6 heteroatoms. The van der Waals surface area contributed by atoms with E-state index in [-0.39, 0.29) is 0 Å². The van der Waals surface area contributed by atoms with Crippen molar-refractivity contribution in [1.82, 2.24) is 0 Å². The van der Waals surface area contributed by atoms with E-state index in [4.69, 9.17) is 14.2 Å². The van der Waals surface area contributed by atoms with Gasteiger partial charge < -0.3 is 19.3 Å². The number of carbonyl (C=O) groups is 1. The number of methoxy groups -OCH3 is 3. The third kappa shape index (κ3) is 3.51. The number of nitrogens with zero attached hydrogens (tertiary/aromatic N) is 1. The van der Waals surface area contributed by atoms with Crippen molar-refractivity contribution in [3.63, 3.8) is 0 Å². The number of hydrogen-bond donors (Lipinski definition) is 1. The molecule has 2 aromatic carbocycles. The fraction of sp³-hybridized carbons (Fsp3) is 0.238. The molecule has 1 N–H and O–H groups in total. The van der Waals surface area contributed by atoms with E-state index in [0.717, 1.165) is 27.8 Å². The molecule has 0 saturated carbocycles. The van der Waals surface area contributed by atoms with Crippen molar-refractivity contribution in [3.05, 3.63) is 48.7 Å². The molecule has 0 fully saturated rings. The van der Waals surface area contributed by atoms with Crippen LogP contribution in [-0.2, 0) is 4.79 Å². The smallest absolute Gasteiger partial charge is 0.373 e. The third-order valence-corrected chi connectivity index (χ3v) is 4.60. The highest BCUT2D eigenvalue weighted by molar-refractivity contribution is 5.87. The van der Waals surface area contributed by atoms with Crippen molar-refractivity contribution in [2.75, 3.05) is 21.3 Å². The first-order valence-corrected chi connectivity index (χ1v) is 8.46. The molecule has 0 aliphatic carbocycles. The first kappa shape index (κ1) is 18.5. The van der Waals surface area contributed by atoms with E-state index in [1.807, 2.05) is 48.7 Å². The van der Waals surface area contributed by atoms with E-state index >= 15 is 0 Å². The lowest BCUT2D eigenvalue weighted by Gasteiger charge is -2.12. The highest BCUT2D eigenvalue weighted by Crippen LogP contribution is 2.33. The molecule has 27 heavy (non-hydrogen) atoms. The van der Waals surface area contributed by atoms with E-state index < -0.39 is 12.0 Å². The Morgan fingerprint density at radius 1 is 0.926 bits per heavy atom. The van der Waals surface area contributed by atoms with Crippen LogP contribution in [0.4, 0.5) is 0 Å². The van der Waals surface area contributed by atoms with Crippen molar-refractivity contribution < 1.29 is 28.7 Å². The van der Waals surface area contributed by atoms with Gasteiger partial charge >= 0.3 is 5.97 Å². The summed E-state index contributed by atoms with van der Waals surface area (Å²) < 4.78 is 17.7. The Balaban J connectivity index is 2.27. The van der Waals surface area contributed by atoms with E-state index in [2.05, 4.69) is 0 Å². The molecule has 0 amide bonds. The lowest BCUT2D eigenvalue weighted by Crippen LogP contribution is -2.44. The molecule has 0 saturated heterocycles. The number of fused-ring (bicyclic) bond motifs is 1. The standard InChI is InChI=1S/C21H21NO5/c1-13(21(23)24)22-12-16-11-20(27-4)19(26-3)10-15(16)9-18(22)14-5-7-17(25-2)8-6-14/h5-13H,1-4H3/p+1. The fourth-order valence-electron chi connectivity index (χ4n) is 3.02. The van der Waals surface area contributed by atoms with Gasteiger partial charge in [-0.3, -0.25) is 0 Å². The number of hydrogen-bond acceptors (Lipinski definition) is 4. The molecule has 3 aromatic rings. The largest absolute Gasteiger partial charge is 0.497 e. The van der Waals surface area contributed by atoms with Gasteiger partial charge in [-0.05, 0) is 41.8 Å². The molecule has 1 heterocycles. The summed E-state index contributed by atoms with van der Waals surface area (Å²) in [5, 5.41) is 11.3. The molecular formula is C21H22NO5+. The maximum absolute atomic E-state index is 11.7. The van der Waals surface area contributed by atoms with E-state index in [0.29, 0.717) is 11.5 Å². The molecule has 0 bridgehead atoms. The van der Waals surface area contributed by atoms with Crippen LogP contribution in [0.2, 0.25) is 0 Å². The van der Waals surface area contributed by atoms with Crippen LogP contribution in [0.25, 0.3) is 22.0 Å². The molecule has 6 nitrogen and oxygen atoms in total. The van der Waals surface area contributed by atoms with Crippen molar-refractivity contribution in [1.29, 1.82) is 0 Å². The summed E-state index contributed by atoms with van der Waals surface area (Å²) in [5.41, 5.74) is 1.67. The second-order valence-electron chi connectivity index (χ2n) is 6.14. The number of carboxylic acids is 1. The lowest BCUT2D eigenvalue weighted by molar-refractivity contribution is -0.695. The fourth-order valence-corrected chi connectivity index (χ4v) is 3.02. The van der Waals surface area contributed by atoms with Gasteiger partial charge in [0.25, 0.3) is 6.04 Å². The van der Waals surface area contributed by atoms with Gasteiger partial charge in [0.15, 0.2) is 17.7 Å². The molecule has 1 unspecified atom stereocenters. The number of ether oxygens (including phenoxy) is 3. The van der Waals surface area contributed by atoms with E-state index in [1.54, 1.807) is 32.8 Å². The normalized spacial score (nSPS) is 11.9. The van der Waals surface area contributed by atoms with E-state index in [9.17, 15) is 9.90 Å². The van der Waals surface area contributed by atoms with Gasteiger partial charge in [0.1, 0.15) is 5.75 Å². The number of aliphatic carboxylic acids is 1. The van der Waals surface area contributed by atoms with Crippen LogP contribution >= 0.6 is 0 Å². The molecule has 3 rings (SSSR count). The quantitative estimate of drug-likeness (QED) is 0.675. The zero-order valence-corrected chi connectivity index (χ0v) is 15.7. The zero-order chi connectivity index (χ0) is 19.6. The monoisotopic (exact) mass is 368 g/mol. The molecular weight excluding hydrogens is 346 g/mol. The Labute approximate surface area is 157 Å². The van der Waals surface area contributed by atoms with Crippen molar-refractivity contribution in [2.24, 2.45) is 0 Å². The Bertz CT molecular complexity index is 982. The second kappa shape index (κ2) is 7.53. The highest BCUT2D eigenvalue weighted by Gasteiger charge is 2.27. The van der Waals surface area contributed by atoms with Gasteiger partial charge in [-0.1, -0.05) is 0 Å². The number of pyridine rings is 1. The van der Waals surface area contributed by atoms with Gasteiger partial charge in [0.05, 0.1) is 21.3 Å². The van der Waals surface area contributed by atoms with Crippen molar-refractivity contribution in [3.8, 4) is 28.5 Å². The topological polar surface area (TPSA) is 68.9 Å². The van der Waals surface area contributed by atoms with Gasteiger partial charge in [0, 0.05) is 23.9 Å². The van der Waals surface area contributed by atoms with Crippen LogP contribution in [-0.4, -0.2) is 32.4 Å². The average Bonchev–Trinajstić information content (AvgIpc) is 2.71. The predicted molar refractivity (Wildman–Crippen MR) is 102 cm³/mol. The molecule has 140 valence electrons. The highest BCUT2D eigenvalue weighted by atomic mass is 16.5. The number of aromatic nitrogens is 1. The number of carboxylic acid groups (broad SMARTS) is 1. The zero-order valence-electron chi connectivity index (χ0n) is 15.7. The lowest BCUT2D eigenvalue weighted by atomic mass is 10.0. The van der Waals surface area contributed by atoms with Gasteiger partial charge in [-0.25, -0.2) is 4.79 Å².